The number of carboxylic acids is 3. The van der Waals surface area contributed by atoms with Crippen LogP contribution in [0.1, 0.15) is 130 Å². The summed E-state index contributed by atoms with van der Waals surface area (Å²) in [6, 6.07) is 58.1. The Morgan fingerprint density at radius 3 is 1.08 bits per heavy atom. The molecule has 0 radical (unpaired) electrons. The smallest absolute Gasteiger partial charge is 0.340 e. The molecule has 12 rings (SSSR count). The summed E-state index contributed by atoms with van der Waals surface area (Å²) in [5.41, 5.74) is 4.31. The van der Waals surface area contributed by atoms with Crippen LogP contribution in [-0.4, -0.2) is 192 Å². The number of aliphatic carboxylic acids is 3. The minimum absolute atomic E-state index is 0.0597. The molecular weight excluding hydrogens is 1870 g/mol. The first-order chi connectivity index (χ1) is 69.3. The molecule has 7 heterocycles. The van der Waals surface area contributed by atoms with Gasteiger partial charge in [-0.2, -0.15) is 0 Å². The molecule has 0 aliphatic heterocycles. The average molecular weight is 1970 g/mol. The lowest BCUT2D eigenvalue weighted by atomic mass is 10.0. The molecule has 12 N–H and O–H groups in total. The summed E-state index contributed by atoms with van der Waals surface area (Å²) in [5, 5.41) is 97.4. The highest BCUT2D eigenvalue weighted by Gasteiger charge is 2.33. The van der Waals surface area contributed by atoms with Crippen molar-refractivity contribution in [1.29, 1.82) is 0 Å². The average Bonchev–Trinajstić information content (AvgIpc) is 0.683. The van der Waals surface area contributed by atoms with E-state index in [1.807, 2.05) is 30.3 Å². The number of hydrogen-bond acceptors (Lipinski definition) is 31. The van der Waals surface area contributed by atoms with Gasteiger partial charge < -0.3 is 72.1 Å². The van der Waals surface area contributed by atoms with Crippen molar-refractivity contribution in [2.45, 2.75) is 103 Å². The number of para-hydroxylation sites is 4. The predicted octanol–water partition coefficient (Wildman–Crippen LogP) is 8.32. The summed E-state index contributed by atoms with van der Waals surface area (Å²) in [5.74, 6) is -7.97. The van der Waals surface area contributed by atoms with Gasteiger partial charge in [0.25, 0.3) is 28.7 Å². The van der Waals surface area contributed by atoms with Gasteiger partial charge in [-0.15, -0.1) is 0 Å². The summed E-state index contributed by atoms with van der Waals surface area (Å²) < 4.78 is 5.55. The SMILES string of the molecule is CCN(CC)c1ccc2cc(CNCC(=O)NC(CC(=O)NCc3ccccn3)c3ccccc3[N+](=O)[O-])c(=O)oc2c1.O=C(NC(CC(=O)N(Cc1ccccn1)Cc1ccccn1)c1ccccc1[N+](=O)[O-])c1ccccn1.O=C(O)CN(CC(=O)O)CC(=O)NC(CC(=O)NCc1ccccn1)c1ccccc1[N+](=O)[O-].O=C(O)CNCC(=O)NC(CC(=O)NCc1ccccn1)c1ccccc1[N+](=O)[O-]. The Morgan fingerprint density at radius 2 is 0.722 bits per heavy atom. The van der Waals surface area contributed by atoms with E-state index in [4.69, 9.17) is 19.7 Å². The zero-order valence-corrected chi connectivity index (χ0v) is 77.7. The van der Waals surface area contributed by atoms with Crippen LogP contribution in [0.25, 0.3) is 11.0 Å². The molecule has 748 valence electrons. The number of carboxylic acid groups (broad SMARTS) is 3. The van der Waals surface area contributed by atoms with Crippen LogP contribution in [0.15, 0.2) is 277 Å². The molecule has 4 atom stereocenters. The fourth-order valence-electron chi connectivity index (χ4n) is 14.4. The number of pyridine rings is 6. The number of aromatic nitrogens is 6. The van der Waals surface area contributed by atoms with Crippen molar-refractivity contribution < 1.29 is 92.2 Å². The molecule has 0 spiro atoms. The number of amides is 8. The van der Waals surface area contributed by atoms with Crippen LogP contribution in [0, 0.1) is 40.5 Å². The molecule has 0 bridgehead atoms. The first-order valence-corrected chi connectivity index (χ1v) is 44.5. The Bertz CT molecular complexity index is 6410. The number of hydrogen-bond donors (Lipinski definition) is 12. The Labute approximate surface area is 821 Å². The molecule has 4 unspecified atom stereocenters. The van der Waals surface area contributed by atoms with Crippen LogP contribution < -0.4 is 58.4 Å². The zero-order valence-electron chi connectivity index (χ0n) is 77.7. The molecule has 144 heavy (non-hydrogen) atoms. The standard InChI is InChI=1S/C31H34N6O6.C27H24N6O4.C21H23N5O8.C19H21N5O6/c1-3-36(4-2)24-13-12-21-15-22(31(40)43-28(21)16-24)18-32-20-30(39)35-26(25-10-5-6-11-27(25)37(41)42)17-29(38)34-19-23-9-7-8-14-33-23;34-26(32(18-20-9-3-6-14-28-20)19-21-10-4-7-15-29-21)17-24(22-11-1-2-13-25(22)33(36)37)31-27(35)23-12-5-8-16-30-23;27-18(23-10-14-5-3-4-8-22-14)9-16(15-6-1-2-7-17(15)26(33)34)24-19(28)11-25(12-20(29)30)13-21(31)32;25-17(22-10-13-5-3-4-8-21-13)9-15(23-18(26)11-20-12-19(27)28)14-6-1-2-7-16(14)24(29)30/h5-16,26,32H,3-4,17-20H2,1-2H3,(H,34,38)(H,35,39);1-16,24H,17-19H2,(H,31,35);1-8,16H,9-13H2,(H,23,27)(H,24,28)(H,29,30)(H,31,32);1-8,15,20H,9-12H2,(H,22,25)(H,23,26)(H,27,28). The van der Waals surface area contributed by atoms with Crippen molar-refractivity contribution in [3.8, 4) is 0 Å². The van der Waals surface area contributed by atoms with Crippen molar-refractivity contribution in [3.05, 3.63) is 381 Å². The molecule has 0 aliphatic carbocycles. The minimum Gasteiger partial charge on any atom is -0.480 e. The number of benzene rings is 5. The lowest BCUT2D eigenvalue weighted by Gasteiger charge is -2.25. The Hall–Kier alpha value is -18.3. The fraction of sp³-hybridized carbons (Fsp3) is 0.245. The van der Waals surface area contributed by atoms with E-state index in [9.17, 15) is 98.0 Å². The third-order valence-corrected chi connectivity index (χ3v) is 21.0. The van der Waals surface area contributed by atoms with Crippen LogP contribution in [0.5, 0.6) is 0 Å². The first-order valence-electron chi connectivity index (χ1n) is 44.5. The lowest BCUT2D eigenvalue weighted by Crippen LogP contribution is -2.44. The van der Waals surface area contributed by atoms with E-state index in [0.29, 0.717) is 39.6 Å². The van der Waals surface area contributed by atoms with Crippen molar-refractivity contribution in [2.75, 3.05) is 57.3 Å². The molecule has 8 amide bonds. The minimum atomic E-state index is -1.34. The number of anilines is 1. The molecule has 46 nitrogen and oxygen atoms in total. The Balaban J connectivity index is 0.000000216. The second-order valence-corrected chi connectivity index (χ2v) is 31.4. The van der Waals surface area contributed by atoms with Crippen molar-refractivity contribution in [3.63, 3.8) is 0 Å². The molecule has 5 aromatic carbocycles. The van der Waals surface area contributed by atoms with Crippen LogP contribution in [0.2, 0.25) is 0 Å². The molecule has 12 aromatic rings. The molecule has 0 fully saturated rings. The molecule has 0 saturated heterocycles. The van der Waals surface area contributed by atoms with E-state index in [1.165, 1.54) is 91.1 Å². The maximum absolute atomic E-state index is 13.7. The Kier molecular flexibility index (Phi) is 43.4. The van der Waals surface area contributed by atoms with Crippen LogP contribution in [0.3, 0.4) is 0 Å². The van der Waals surface area contributed by atoms with Gasteiger partial charge in [0.15, 0.2) is 0 Å². The van der Waals surface area contributed by atoms with Gasteiger partial charge in [-0.25, -0.2) is 4.79 Å². The summed E-state index contributed by atoms with van der Waals surface area (Å²) in [7, 11) is 0. The number of rotatable bonds is 48. The van der Waals surface area contributed by atoms with Gasteiger partial charge in [-0.1, -0.05) is 109 Å². The first kappa shape index (κ1) is 109. The normalized spacial score (nSPS) is 11.4. The molecule has 7 aromatic heterocycles. The highest BCUT2D eigenvalue weighted by atomic mass is 16.6. The molecule has 0 saturated carbocycles. The fourth-order valence-corrected chi connectivity index (χ4v) is 14.4. The number of carbonyl (C=O) groups excluding carboxylic acids is 8. The maximum Gasteiger partial charge on any atom is 0.340 e. The van der Waals surface area contributed by atoms with Gasteiger partial charge in [0.2, 0.25) is 41.4 Å². The van der Waals surface area contributed by atoms with Gasteiger partial charge in [0.05, 0.1) is 198 Å². The van der Waals surface area contributed by atoms with Crippen molar-refractivity contribution in [2.24, 2.45) is 0 Å². The Morgan fingerprint density at radius 1 is 0.368 bits per heavy atom. The van der Waals surface area contributed by atoms with Crippen LogP contribution >= 0.6 is 0 Å². The lowest BCUT2D eigenvalue weighted by molar-refractivity contribution is -0.385. The number of carbonyl (C=O) groups is 11. The predicted molar refractivity (Wildman–Crippen MR) is 519 cm³/mol. The monoisotopic (exact) mass is 1970 g/mol. The topological polar surface area (TPSA) is 647 Å². The third kappa shape index (κ3) is 36.5. The zero-order chi connectivity index (χ0) is 104. The summed E-state index contributed by atoms with van der Waals surface area (Å²) in [6.07, 6.45) is 8.45. The van der Waals surface area contributed by atoms with E-state index in [2.05, 4.69) is 96.5 Å². The molecule has 46 heteroatoms. The summed E-state index contributed by atoms with van der Waals surface area (Å²) in [6.45, 7) is 3.68. The number of nitro groups is 4. The van der Waals surface area contributed by atoms with Crippen molar-refractivity contribution in [1.82, 2.24) is 87.6 Å². The number of nitrogens with zero attached hydrogens (tertiary/aromatic N) is 13. The molecule has 0 aliphatic rings. The van der Waals surface area contributed by atoms with E-state index >= 15 is 0 Å². The highest BCUT2D eigenvalue weighted by molar-refractivity contribution is 5.93. The van der Waals surface area contributed by atoms with E-state index in [-0.39, 0.29) is 135 Å². The largest absolute Gasteiger partial charge is 0.480 e. The van der Waals surface area contributed by atoms with E-state index in [0.717, 1.165) is 29.1 Å². The van der Waals surface area contributed by atoms with Crippen LogP contribution in [-0.2, 0) is 87.2 Å². The van der Waals surface area contributed by atoms with Gasteiger partial charge in [0, 0.05) is 98.2 Å². The summed E-state index contributed by atoms with van der Waals surface area (Å²) in [4.78, 5) is 221. The van der Waals surface area contributed by atoms with E-state index in [1.54, 1.807) is 151 Å². The number of nitrogens with one attached hydrogen (secondary N) is 9. The second kappa shape index (κ2) is 57.1. The number of fused-ring (bicyclic) bond motifs is 1. The third-order valence-electron chi connectivity index (χ3n) is 21.0. The van der Waals surface area contributed by atoms with Crippen molar-refractivity contribution >= 4 is 105 Å². The summed E-state index contributed by atoms with van der Waals surface area (Å²) >= 11 is 0. The number of nitro benzene ring substituents is 4. The second-order valence-electron chi connectivity index (χ2n) is 31.4. The van der Waals surface area contributed by atoms with Crippen LogP contribution in [0.4, 0.5) is 28.4 Å². The van der Waals surface area contributed by atoms with Gasteiger partial charge in [-0.05, 0) is 105 Å². The molecular formula is C98H102N22O24. The maximum atomic E-state index is 13.7. The highest BCUT2D eigenvalue weighted by Crippen LogP contribution is 2.33. The van der Waals surface area contributed by atoms with Gasteiger partial charge >= 0.3 is 23.5 Å². The van der Waals surface area contributed by atoms with Gasteiger partial charge in [-0.3, -0.25) is 133 Å². The van der Waals surface area contributed by atoms with E-state index < -0.39 is 135 Å². The quantitative estimate of drug-likeness (QED) is 0.00968. The van der Waals surface area contributed by atoms with Gasteiger partial charge in [0.1, 0.15) is 11.3 Å².